The number of aromatic amines is 2. The van der Waals surface area contributed by atoms with E-state index in [0.717, 1.165) is 37.0 Å². The maximum absolute atomic E-state index is 12.6. The van der Waals surface area contributed by atoms with Crippen molar-refractivity contribution < 1.29 is 22.0 Å². The number of fused-ring (bicyclic) bond motifs is 2. The van der Waals surface area contributed by atoms with E-state index in [1.807, 2.05) is 16.9 Å². The molecule has 1 amide bonds. The highest BCUT2D eigenvalue weighted by Gasteiger charge is 2.24. The van der Waals surface area contributed by atoms with Crippen molar-refractivity contribution in [2.45, 2.75) is 26.2 Å². The second-order valence-electron chi connectivity index (χ2n) is 8.40. The van der Waals surface area contributed by atoms with Crippen LogP contribution in [0, 0.1) is 18.6 Å². The first-order chi connectivity index (χ1) is 16.5. The lowest BCUT2D eigenvalue weighted by atomic mass is 10.00. The summed E-state index contributed by atoms with van der Waals surface area (Å²) in [5.74, 6) is -1.81. The lowest BCUT2D eigenvalue weighted by Crippen LogP contribution is -2.30. The number of nitrogens with one attached hydrogen (secondary N) is 3. The Morgan fingerprint density at radius 2 is 1.77 bits per heavy atom. The van der Waals surface area contributed by atoms with Gasteiger partial charge in [0, 0.05) is 34.3 Å². The molecule has 1 aliphatic rings. The quantitative estimate of drug-likeness (QED) is 0.396. The van der Waals surface area contributed by atoms with Gasteiger partial charge in [0.05, 0.1) is 6.26 Å². The summed E-state index contributed by atoms with van der Waals surface area (Å²) in [6.07, 6.45) is 5.42. The van der Waals surface area contributed by atoms with E-state index in [4.69, 9.17) is 0 Å². The molecule has 3 N–H and O–H groups in total. The highest BCUT2D eigenvalue weighted by Crippen LogP contribution is 2.35. The third-order valence-corrected chi connectivity index (χ3v) is 6.29. The molecule has 2 heterocycles. The number of carbonyl (C=O) groups excluding carboxylic acids is 1. The monoisotopic (exact) mass is 499 g/mol. The standard InChI is InChI=1S/C18H17N3O4S.C7H6F2/c1-26(24,25)21-18(23)16-15(12-6-3-7-19-17(12)22)13-8-10-4-2-5-11(10)9-14(13)20-16;1-5-2-3-6(8)4-7(5)9/h3,6-9,20H,2,4-5H2,1H3,(H,19,22)(H,21,23);2-4H,1H3. The van der Waals surface area contributed by atoms with Crippen LogP contribution in [0.2, 0.25) is 0 Å². The Bertz CT molecular complexity index is 1610. The van der Waals surface area contributed by atoms with Crippen LogP contribution in [-0.2, 0) is 22.9 Å². The fraction of sp³-hybridized carbons (Fsp3) is 0.200. The molecule has 182 valence electrons. The van der Waals surface area contributed by atoms with Crippen molar-refractivity contribution >= 4 is 26.8 Å². The molecule has 0 radical (unpaired) electrons. The molecule has 2 aromatic heterocycles. The van der Waals surface area contributed by atoms with Gasteiger partial charge in [-0.25, -0.2) is 21.9 Å². The van der Waals surface area contributed by atoms with Gasteiger partial charge in [-0.3, -0.25) is 9.59 Å². The van der Waals surface area contributed by atoms with E-state index in [1.165, 1.54) is 29.5 Å². The third-order valence-electron chi connectivity index (χ3n) is 5.74. The van der Waals surface area contributed by atoms with E-state index >= 15 is 0 Å². The van der Waals surface area contributed by atoms with Gasteiger partial charge in [0.1, 0.15) is 17.3 Å². The van der Waals surface area contributed by atoms with Crippen LogP contribution in [0.5, 0.6) is 0 Å². The Hall–Kier alpha value is -3.79. The molecular weight excluding hydrogens is 476 g/mol. The van der Waals surface area contributed by atoms with Gasteiger partial charge in [-0.2, -0.15) is 0 Å². The van der Waals surface area contributed by atoms with Crippen LogP contribution in [0.4, 0.5) is 8.78 Å². The predicted molar refractivity (Wildman–Crippen MR) is 130 cm³/mol. The minimum absolute atomic E-state index is 0.0609. The fourth-order valence-electron chi connectivity index (χ4n) is 4.12. The van der Waals surface area contributed by atoms with E-state index in [0.29, 0.717) is 22.2 Å². The average Bonchev–Trinajstić information content (AvgIpc) is 3.38. The summed E-state index contributed by atoms with van der Waals surface area (Å²) in [4.78, 5) is 30.5. The number of H-pyrrole nitrogens is 2. The Labute approximate surface area is 200 Å². The average molecular weight is 500 g/mol. The molecule has 0 spiro atoms. The molecule has 0 saturated carbocycles. The van der Waals surface area contributed by atoms with Crippen molar-refractivity contribution in [3.63, 3.8) is 0 Å². The van der Waals surface area contributed by atoms with Gasteiger partial charge in [0.2, 0.25) is 10.0 Å². The summed E-state index contributed by atoms with van der Waals surface area (Å²) in [5, 5.41) is 0.737. The molecule has 10 heteroatoms. The van der Waals surface area contributed by atoms with Crippen molar-refractivity contribution in [1.82, 2.24) is 14.7 Å². The molecule has 0 saturated heterocycles. The van der Waals surface area contributed by atoms with Crippen LogP contribution < -0.4 is 10.3 Å². The Balaban J connectivity index is 0.000000271. The van der Waals surface area contributed by atoms with Gasteiger partial charge in [-0.1, -0.05) is 6.07 Å². The second-order valence-corrected chi connectivity index (χ2v) is 10.2. The molecular formula is C25H23F2N3O4S. The van der Waals surface area contributed by atoms with Gasteiger partial charge in [-0.05, 0) is 73.2 Å². The molecule has 1 aliphatic carbocycles. The molecule has 7 nitrogen and oxygen atoms in total. The van der Waals surface area contributed by atoms with Crippen molar-refractivity contribution in [3.05, 3.63) is 93.0 Å². The summed E-state index contributed by atoms with van der Waals surface area (Å²) >= 11 is 0. The van der Waals surface area contributed by atoms with Crippen LogP contribution in [0.25, 0.3) is 22.0 Å². The van der Waals surface area contributed by atoms with Crippen LogP contribution in [-0.4, -0.2) is 30.5 Å². The number of pyridine rings is 1. The van der Waals surface area contributed by atoms with Gasteiger partial charge >= 0.3 is 0 Å². The smallest absolute Gasteiger partial charge is 0.281 e. The highest BCUT2D eigenvalue weighted by molar-refractivity contribution is 7.89. The minimum atomic E-state index is -3.73. The van der Waals surface area contributed by atoms with Crippen molar-refractivity contribution in [2.24, 2.45) is 0 Å². The number of hydrogen-bond donors (Lipinski definition) is 3. The normalized spacial score (nSPS) is 12.7. The lowest BCUT2D eigenvalue weighted by Gasteiger charge is -2.05. The van der Waals surface area contributed by atoms with E-state index in [2.05, 4.69) is 9.97 Å². The van der Waals surface area contributed by atoms with Gasteiger partial charge < -0.3 is 9.97 Å². The number of aromatic nitrogens is 2. The Morgan fingerprint density at radius 3 is 2.40 bits per heavy atom. The molecule has 35 heavy (non-hydrogen) atoms. The number of rotatable bonds is 3. The molecule has 0 fully saturated rings. The highest BCUT2D eigenvalue weighted by atomic mass is 32.2. The van der Waals surface area contributed by atoms with Gasteiger partial charge in [0.25, 0.3) is 11.5 Å². The van der Waals surface area contributed by atoms with Crippen LogP contribution in [0.15, 0.2) is 53.5 Å². The molecule has 0 aliphatic heterocycles. The molecule has 5 rings (SSSR count). The molecule has 0 atom stereocenters. The SMILES string of the molecule is CS(=O)(=O)NC(=O)c1[nH]c2cc3c(cc2c1-c1ccc[nH]c1=O)CCC3.Cc1ccc(F)cc1F. The van der Waals surface area contributed by atoms with E-state index in [-0.39, 0.29) is 11.3 Å². The topological polar surface area (TPSA) is 112 Å². The van der Waals surface area contributed by atoms with Crippen molar-refractivity contribution in [1.29, 1.82) is 0 Å². The Kier molecular flexibility index (Phi) is 6.58. The van der Waals surface area contributed by atoms with Gasteiger partial charge in [0.15, 0.2) is 0 Å². The number of hydrogen-bond acceptors (Lipinski definition) is 4. The van der Waals surface area contributed by atoms with Crippen molar-refractivity contribution in [3.8, 4) is 11.1 Å². The lowest BCUT2D eigenvalue weighted by molar-refractivity contribution is 0.0978. The maximum atomic E-state index is 12.6. The number of aryl methyl sites for hydroxylation is 3. The van der Waals surface area contributed by atoms with Crippen LogP contribution in [0.3, 0.4) is 0 Å². The molecule has 0 unspecified atom stereocenters. The van der Waals surface area contributed by atoms with Crippen molar-refractivity contribution in [2.75, 3.05) is 6.26 Å². The maximum Gasteiger partial charge on any atom is 0.281 e. The molecule has 0 bridgehead atoms. The van der Waals surface area contributed by atoms with Gasteiger partial charge in [-0.15, -0.1) is 0 Å². The molecule has 2 aromatic carbocycles. The third kappa shape index (κ3) is 5.32. The summed E-state index contributed by atoms with van der Waals surface area (Å²) in [5.41, 5.74) is 4.03. The summed E-state index contributed by atoms with van der Waals surface area (Å²) in [6, 6.07) is 10.8. The number of halogens is 2. The van der Waals surface area contributed by atoms with Crippen LogP contribution >= 0.6 is 0 Å². The Morgan fingerprint density at radius 1 is 1.06 bits per heavy atom. The zero-order chi connectivity index (χ0) is 25.3. The largest absolute Gasteiger partial charge is 0.350 e. The first kappa shape index (κ1) is 24.3. The summed E-state index contributed by atoms with van der Waals surface area (Å²) in [6.45, 7) is 1.59. The van der Waals surface area contributed by atoms with E-state index < -0.39 is 27.6 Å². The van der Waals surface area contributed by atoms with E-state index in [9.17, 15) is 26.8 Å². The number of benzene rings is 2. The zero-order valence-electron chi connectivity index (χ0n) is 19.0. The number of amides is 1. The van der Waals surface area contributed by atoms with E-state index in [1.54, 1.807) is 19.1 Å². The fourth-order valence-corrected chi connectivity index (χ4v) is 4.56. The number of sulfonamides is 1. The second kappa shape index (κ2) is 9.46. The first-order valence-electron chi connectivity index (χ1n) is 10.8. The first-order valence-corrected chi connectivity index (χ1v) is 12.7. The number of carbonyl (C=O) groups is 1. The summed E-state index contributed by atoms with van der Waals surface area (Å²) in [7, 11) is -3.73. The van der Waals surface area contributed by atoms with Crippen LogP contribution in [0.1, 0.15) is 33.6 Å². The summed E-state index contributed by atoms with van der Waals surface area (Å²) < 4.78 is 49.4. The molecule has 4 aromatic rings. The minimum Gasteiger partial charge on any atom is -0.350 e. The predicted octanol–water partition coefficient (Wildman–Crippen LogP) is 3.97. The zero-order valence-corrected chi connectivity index (χ0v) is 19.9.